The first-order valence-corrected chi connectivity index (χ1v) is 7.18. The number of amides is 2. The van der Waals surface area contributed by atoms with Crippen molar-refractivity contribution >= 4 is 17.7 Å². The molecule has 0 aliphatic carbocycles. The normalized spacial score (nSPS) is 11.0. The van der Waals surface area contributed by atoms with Crippen LogP contribution in [-0.4, -0.2) is 30.7 Å². The molecule has 0 saturated heterocycles. The highest BCUT2D eigenvalue weighted by Gasteiger charge is 2.35. The number of aliphatic carboxylic acids is 1. The van der Waals surface area contributed by atoms with Crippen LogP contribution in [0.3, 0.4) is 0 Å². The van der Waals surface area contributed by atoms with Gasteiger partial charge in [-0.3, -0.25) is 9.69 Å². The number of para-hydroxylation sites is 1. The van der Waals surface area contributed by atoms with Gasteiger partial charge in [-0.05, 0) is 31.4 Å². The van der Waals surface area contributed by atoms with E-state index in [2.05, 4.69) is 5.32 Å². The second-order valence-electron chi connectivity index (χ2n) is 5.30. The molecule has 1 aromatic rings. The van der Waals surface area contributed by atoms with E-state index in [1.165, 1.54) is 4.90 Å². The minimum Gasteiger partial charge on any atom is -0.481 e. The first-order chi connectivity index (χ1) is 9.88. The Morgan fingerprint density at radius 1 is 1.24 bits per heavy atom. The molecule has 0 atom stereocenters. The third kappa shape index (κ3) is 3.74. The summed E-state index contributed by atoms with van der Waals surface area (Å²) < 4.78 is 0. The molecule has 0 heterocycles. The first kappa shape index (κ1) is 17.0. The van der Waals surface area contributed by atoms with Gasteiger partial charge in [0.05, 0.1) is 5.41 Å². The largest absolute Gasteiger partial charge is 0.481 e. The van der Waals surface area contributed by atoms with Gasteiger partial charge in [0.15, 0.2) is 0 Å². The van der Waals surface area contributed by atoms with Crippen LogP contribution in [0.15, 0.2) is 24.3 Å². The zero-order valence-corrected chi connectivity index (χ0v) is 13.1. The third-order valence-electron chi connectivity index (χ3n) is 4.17. The lowest BCUT2D eigenvalue weighted by atomic mass is 9.82. The predicted molar refractivity (Wildman–Crippen MR) is 83.6 cm³/mol. The fraction of sp³-hybridized carbons (Fsp3) is 0.500. The van der Waals surface area contributed by atoms with Crippen molar-refractivity contribution in [3.8, 4) is 0 Å². The summed E-state index contributed by atoms with van der Waals surface area (Å²) in [5, 5.41) is 12.1. The standard InChI is InChI=1S/C16H24N2O3/c1-5-16(6-2,14(19)20)11-17-15(21)18(4)13-10-8-7-9-12(13)3/h7-10H,5-6,11H2,1-4H3,(H,17,21)(H,19,20). The zero-order valence-electron chi connectivity index (χ0n) is 13.1. The molecule has 1 aromatic carbocycles. The predicted octanol–water partition coefficient (Wildman–Crippen LogP) is 3.03. The van der Waals surface area contributed by atoms with Crippen LogP contribution in [0.4, 0.5) is 10.5 Å². The minimum absolute atomic E-state index is 0.129. The number of nitrogens with zero attached hydrogens (tertiary/aromatic N) is 1. The summed E-state index contributed by atoms with van der Waals surface area (Å²) in [6.45, 7) is 5.72. The Kier molecular flexibility index (Phi) is 5.76. The zero-order chi connectivity index (χ0) is 16.0. The Morgan fingerprint density at radius 2 is 1.81 bits per heavy atom. The van der Waals surface area contributed by atoms with Crippen molar-refractivity contribution < 1.29 is 14.7 Å². The van der Waals surface area contributed by atoms with E-state index in [9.17, 15) is 14.7 Å². The number of benzene rings is 1. The molecule has 5 nitrogen and oxygen atoms in total. The lowest BCUT2D eigenvalue weighted by molar-refractivity contribution is -0.149. The Hall–Kier alpha value is -2.04. The fourth-order valence-electron chi connectivity index (χ4n) is 2.29. The molecule has 0 aliphatic heterocycles. The van der Waals surface area contributed by atoms with Gasteiger partial charge in [0.1, 0.15) is 0 Å². The van der Waals surface area contributed by atoms with Gasteiger partial charge >= 0.3 is 12.0 Å². The molecular formula is C16H24N2O3. The maximum absolute atomic E-state index is 12.2. The molecule has 0 bridgehead atoms. The molecule has 2 N–H and O–H groups in total. The molecule has 0 saturated carbocycles. The summed E-state index contributed by atoms with van der Waals surface area (Å²) in [7, 11) is 1.68. The van der Waals surface area contributed by atoms with Crippen LogP contribution in [0, 0.1) is 12.3 Å². The number of anilines is 1. The van der Waals surface area contributed by atoms with E-state index in [4.69, 9.17) is 0 Å². The SMILES string of the molecule is CCC(CC)(CNC(=O)N(C)c1ccccc1C)C(=O)O. The topological polar surface area (TPSA) is 69.6 Å². The Bertz CT molecular complexity index is 510. The number of carbonyl (C=O) groups is 2. The number of carbonyl (C=O) groups excluding carboxylic acids is 1. The van der Waals surface area contributed by atoms with Crippen molar-refractivity contribution in [2.24, 2.45) is 5.41 Å². The maximum atomic E-state index is 12.2. The van der Waals surface area contributed by atoms with E-state index in [1.54, 1.807) is 7.05 Å². The minimum atomic E-state index is -0.901. The molecule has 2 amide bonds. The van der Waals surface area contributed by atoms with Gasteiger partial charge in [-0.15, -0.1) is 0 Å². The fourth-order valence-corrected chi connectivity index (χ4v) is 2.29. The highest BCUT2D eigenvalue weighted by molar-refractivity contribution is 5.92. The smallest absolute Gasteiger partial charge is 0.321 e. The highest BCUT2D eigenvalue weighted by Crippen LogP contribution is 2.26. The van der Waals surface area contributed by atoms with E-state index in [1.807, 2.05) is 45.0 Å². The number of carboxylic acid groups (broad SMARTS) is 1. The first-order valence-electron chi connectivity index (χ1n) is 7.18. The highest BCUT2D eigenvalue weighted by atomic mass is 16.4. The van der Waals surface area contributed by atoms with Crippen molar-refractivity contribution in [3.05, 3.63) is 29.8 Å². The van der Waals surface area contributed by atoms with E-state index in [0.717, 1.165) is 11.3 Å². The summed E-state index contributed by atoms with van der Waals surface area (Å²) in [6, 6.07) is 7.27. The van der Waals surface area contributed by atoms with Crippen LogP contribution in [0.1, 0.15) is 32.3 Å². The van der Waals surface area contributed by atoms with Crippen molar-refractivity contribution in [2.45, 2.75) is 33.6 Å². The lowest BCUT2D eigenvalue weighted by Crippen LogP contribution is -2.46. The van der Waals surface area contributed by atoms with Gasteiger partial charge in [0.2, 0.25) is 0 Å². The van der Waals surface area contributed by atoms with E-state index >= 15 is 0 Å². The average Bonchev–Trinajstić information content (AvgIpc) is 2.48. The Balaban J connectivity index is 2.78. The maximum Gasteiger partial charge on any atom is 0.321 e. The molecule has 0 aliphatic rings. The number of urea groups is 1. The van der Waals surface area contributed by atoms with Gasteiger partial charge in [-0.2, -0.15) is 0 Å². The van der Waals surface area contributed by atoms with Crippen LogP contribution in [0.5, 0.6) is 0 Å². The molecule has 5 heteroatoms. The molecule has 0 unspecified atom stereocenters. The average molecular weight is 292 g/mol. The number of nitrogens with one attached hydrogen (secondary N) is 1. The van der Waals surface area contributed by atoms with Gasteiger partial charge in [-0.25, -0.2) is 4.79 Å². The summed E-state index contributed by atoms with van der Waals surface area (Å²) in [6.07, 6.45) is 0.959. The molecule has 0 spiro atoms. The van der Waals surface area contributed by atoms with Crippen LogP contribution in [0.2, 0.25) is 0 Å². The van der Waals surface area contributed by atoms with Crippen LogP contribution in [-0.2, 0) is 4.79 Å². The Morgan fingerprint density at radius 3 is 2.29 bits per heavy atom. The van der Waals surface area contributed by atoms with Crippen LogP contribution in [0.25, 0.3) is 0 Å². The van der Waals surface area contributed by atoms with E-state index in [0.29, 0.717) is 12.8 Å². The van der Waals surface area contributed by atoms with Crippen LogP contribution < -0.4 is 10.2 Å². The summed E-state index contributed by atoms with van der Waals surface area (Å²) in [5.74, 6) is -0.869. The molecule has 1 rings (SSSR count). The number of hydrogen-bond acceptors (Lipinski definition) is 2. The molecule has 0 aromatic heterocycles. The Labute approximate surface area is 126 Å². The van der Waals surface area contributed by atoms with Gasteiger partial charge in [0, 0.05) is 19.3 Å². The number of carboxylic acids is 1. The summed E-state index contributed by atoms with van der Waals surface area (Å²) in [5.41, 5.74) is 0.900. The van der Waals surface area contributed by atoms with Crippen LogP contribution >= 0.6 is 0 Å². The summed E-state index contributed by atoms with van der Waals surface area (Å²) >= 11 is 0. The molecule has 0 radical (unpaired) electrons. The van der Waals surface area contributed by atoms with Crippen molar-refractivity contribution in [2.75, 3.05) is 18.5 Å². The van der Waals surface area contributed by atoms with Gasteiger partial charge in [-0.1, -0.05) is 32.0 Å². The quantitative estimate of drug-likeness (QED) is 0.846. The second kappa shape index (κ2) is 7.11. The van der Waals surface area contributed by atoms with Gasteiger partial charge in [0.25, 0.3) is 0 Å². The number of rotatable bonds is 6. The van der Waals surface area contributed by atoms with E-state index < -0.39 is 11.4 Å². The van der Waals surface area contributed by atoms with Gasteiger partial charge < -0.3 is 10.4 Å². The number of aryl methyl sites for hydroxylation is 1. The lowest BCUT2D eigenvalue weighted by Gasteiger charge is -2.28. The monoisotopic (exact) mass is 292 g/mol. The van der Waals surface area contributed by atoms with Crippen molar-refractivity contribution in [1.82, 2.24) is 5.32 Å². The molecular weight excluding hydrogens is 268 g/mol. The summed E-state index contributed by atoms with van der Waals surface area (Å²) in [4.78, 5) is 25.2. The second-order valence-corrected chi connectivity index (χ2v) is 5.30. The molecule has 21 heavy (non-hydrogen) atoms. The molecule has 116 valence electrons. The number of hydrogen-bond donors (Lipinski definition) is 2. The van der Waals surface area contributed by atoms with E-state index in [-0.39, 0.29) is 12.6 Å². The molecule has 0 fully saturated rings. The van der Waals surface area contributed by atoms with Crippen molar-refractivity contribution in [1.29, 1.82) is 0 Å². The third-order valence-corrected chi connectivity index (χ3v) is 4.17. The van der Waals surface area contributed by atoms with Crippen molar-refractivity contribution in [3.63, 3.8) is 0 Å².